The van der Waals surface area contributed by atoms with E-state index in [0.29, 0.717) is 17.9 Å². The molecule has 0 radical (unpaired) electrons. The zero-order valence-corrected chi connectivity index (χ0v) is 12.8. The monoisotopic (exact) mass is 365 g/mol. The standard InChI is InChI=1S/C14H15BrF3NO2/c15-5-6-19(8-3-1-2-4-8)14(21)9-7-10(16)12(18)13(20)11(9)17/h7-8,20H,1-6H2. The summed E-state index contributed by atoms with van der Waals surface area (Å²) in [6.07, 6.45) is 3.55. The Hall–Kier alpha value is -1.24. The average molecular weight is 366 g/mol. The number of carbonyl (C=O) groups excluding carboxylic acids is 1. The van der Waals surface area contributed by atoms with Crippen molar-refractivity contribution in [3.05, 3.63) is 29.1 Å². The van der Waals surface area contributed by atoms with Crippen molar-refractivity contribution in [1.29, 1.82) is 0 Å². The number of rotatable bonds is 4. The van der Waals surface area contributed by atoms with Crippen LogP contribution in [0.5, 0.6) is 5.75 Å². The molecule has 0 atom stereocenters. The number of phenols is 1. The molecule has 0 unspecified atom stereocenters. The van der Waals surface area contributed by atoms with E-state index in [9.17, 15) is 23.1 Å². The number of benzene rings is 1. The van der Waals surface area contributed by atoms with Gasteiger partial charge in [0.1, 0.15) is 0 Å². The van der Waals surface area contributed by atoms with Gasteiger partial charge >= 0.3 is 0 Å². The SMILES string of the molecule is O=C(c1cc(F)c(F)c(O)c1F)N(CCBr)C1CCCC1. The Labute approximate surface area is 128 Å². The maximum atomic E-state index is 13.9. The summed E-state index contributed by atoms with van der Waals surface area (Å²) in [5.74, 6) is -6.73. The number of nitrogens with zero attached hydrogens (tertiary/aromatic N) is 1. The van der Waals surface area contributed by atoms with Crippen LogP contribution in [0.2, 0.25) is 0 Å². The Morgan fingerprint density at radius 3 is 2.48 bits per heavy atom. The summed E-state index contributed by atoms with van der Waals surface area (Å²) < 4.78 is 40.3. The highest BCUT2D eigenvalue weighted by atomic mass is 79.9. The summed E-state index contributed by atoms with van der Waals surface area (Å²) in [6, 6.07) is 0.466. The van der Waals surface area contributed by atoms with Crippen LogP contribution in [0.25, 0.3) is 0 Å². The summed E-state index contributed by atoms with van der Waals surface area (Å²) >= 11 is 3.23. The van der Waals surface area contributed by atoms with Crippen molar-refractivity contribution < 1.29 is 23.1 Å². The molecule has 0 saturated heterocycles. The molecule has 0 aliphatic heterocycles. The minimum atomic E-state index is -1.68. The lowest BCUT2D eigenvalue weighted by Crippen LogP contribution is -2.40. The fraction of sp³-hybridized carbons (Fsp3) is 0.500. The van der Waals surface area contributed by atoms with Gasteiger partial charge in [0.05, 0.1) is 5.56 Å². The summed E-state index contributed by atoms with van der Waals surface area (Å²) in [5, 5.41) is 9.72. The Morgan fingerprint density at radius 2 is 1.90 bits per heavy atom. The zero-order valence-electron chi connectivity index (χ0n) is 11.2. The fourth-order valence-corrected chi connectivity index (χ4v) is 3.04. The highest BCUT2D eigenvalue weighted by molar-refractivity contribution is 9.09. The van der Waals surface area contributed by atoms with E-state index in [0.717, 1.165) is 25.7 Å². The second-order valence-corrected chi connectivity index (χ2v) is 5.80. The lowest BCUT2D eigenvalue weighted by molar-refractivity contribution is 0.0689. The number of halogens is 4. The molecular formula is C14H15BrF3NO2. The van der Waals surface area contributed by atoms with Crippen molar-refractivity contribution in [2.75, 3.05) is 11.9 Å². The van der Waals surface area contributed by atoms with Gasteiger partial charge < -0.3 is 10.0 Å². The van der Waals surface area contributed by atoms with E-state index in [1.54, 1.807) is 0 Å². The third-order valence-corrected chi connectivity index (χ3v) is 4.07. The van der Waals surface area contributed by atoms with E-state index in [2.05, 4.69) is 15.9 Å². The smallest absolute Gasteiger partial charge is 0.257 e. The van der Waals surface area contributed by atoms with Crippen LogP contribution >= 0.6 is 15.9 Å². The number of hydrogen-bond acceptors (Lipinski definition) is 2. The van der Waals surface area contributed by atoms with Crippen LogP contribution in [0.1, 0.15) is 36.0 Å². The average Bonchev–Trinajstić information content (AvgIpc) is 2.99. The molecule has 0 bridgehead atoms. The molecule has 7 heteroatoms. The molecule has 2 rings (SSSR count). The normalized spacial score (nSPS) is 15.4. The van der Waals surface area contributed by atoms with Gasteiger partial charge in [-0.1, -0.05) is 28.8 Å². The van der Waals surface area contributed by atoms with Crippen LogP contribution in [0, 0.1) is 17.5 Å². The van der Waals surface area contributed by atoms with Gasteiger partial charge in [0.25, 0.3) is 5.91 Å². The number of hydrogen-bond donors (Lipinski definition) is 1. The predicted molar refractivity (Wildman–Crippen MR) is 75.1 cm³/mol. The van der Waals surface area contributed by atoms with Crippen LogP contribution in [-0.2, 0) is 0 Å². The quantitative estimate of drug-likeness (QED) is 0.654. The molecule has 1 fully saturated rings. The molecule has 1 amide bonds. The maximum Gasteiger partial charge on any atom is 0.257 e. The van der Waals surface area contributed by atoms with Crippen LogP contribution in [0.3, 0.4) is 0 Å². The van der Waals surface area contributed by atoms with Gasteiger partial charge in [0, 0.05) is 17.9 Å². The summed E-state index contributed by atoms with van der Waals surface area (Å²) in [7, 11) is 0. The van der Waals surface area contributed by atoms with Crippen LogP contribution in [0.15, 0.2) is 6.07 Å². The second kappa shape index (κ2) is 6.68. The zero-order chi connectivity index (χ0) is 15.6. The Balaban J connectivity index is 2.36. The molecule has 116 valence electrons. The molecule has 3 nitrogen and oxygen atoms in total. The Morgan fingerprint density at radius 1 is 1.29 bits per heavy atom. The van der Waals surface area contributed by atoms with Crippen molar-refractivity contribution in [3.63, 3.8) is 0 Å². The Bertz CT molecular complexity index is 548. The third kappa shape index (κ3) is 3.17. The first-order valence-corrected chi connectivity index (χ1v) is 7.83. The second-order valence-electron chi connectivity index (χ2n) is 5.01. The van der Waals surface area contributed by atoms with E-state index in [1.165, 1.54) is 4.90 Å². The summed E-state index contributed by atoms with van der Waals surface area (Å²) in [4.78, 5) is 13.9. The van der Waals surface area contributed by atoms with E-state index in [-0.39, 0.29) is 6.04 Å². The van der Waals surface area contributed by atoms with Gasteiger partial charge in [-0.05, 0) is 18.9 Å². The molecule has 0 spiro atoms. The van der Waals surface area contributed by atoms with Gasteiger partial charge in [-0.25, -0.2) is 8.78 Å². The molecule has 1 aromatic carbocycles. The summed E-state index contributed by atoms with van der Waals surface area (Å²) in [6.45, 7) is 0.336. The number of amides is 1. The largest absolute Gasteiger partial charge is 0.503 e. The van der Waals surface area contributed by atoms with Crippen molar-refractivity contribution in [2.45, 2.75) is 31.7 Å². The van der Waals surface area contributed by atoms with Gasteiger partial charge in [-0.2, -0.15) is 4.39 Å². The van der Waals surface area contributed by atoms with Crippen LogP contribution in [-0.4, -0.2) is 33.8 Å². The van der Waals surface area contributed by atoms with Gasteiger partial charge in [0.2, 0.25) is 5.82 Å². The molecule has 1 aliphatic rings. The molecule has 1 N–H and O–H groups in total. The Kier molecular flexibility index (Phi) is 5.13. The minimum absolute atomic E-state index is 0.0373. The first-order valence-electron chi connectivity index (χ1n) is 6.70. The highest BCUT2D eigenvalue weighted by Crippen LogP contribution is 2.29. The van der Waals surface area contributed by atoms with Crippen LogP contribution < -0.4 is 0 Å². The molecule has 1 saturated carbocycles. The minimum Gasteiger partial charge on any atom is -0.503 e. The fourth-order valence-electron chi connectivity index (χ4n) is 2.66. The molecule has 21 heavy (non-hydrogen) atoms. The maximum absolute atomic E-state index is 13.9. The topological polar surface area (TPSA) is 40.5 Å². The molecule has 1 aromatic rings. The van der Waals surface area contributed by atoms with Crippen molar-refractivity contribution in [2.24, 2.45) is 0 Å². The molecule has 0 aromatic heterocycles. The molecule has 1 aliphatic carbocycles. The number of carbonyl (C=O) groups is 1. The van der Waals surface area contributed by atoms with Crippen molar-refractivity contribution >= 4 is 21.8 Å². The summed E-state index contributed by atoms with van der Waals surface area (Å²) in [5.41, 5.74) is -0.640. The first kappa shape index (κ1) is 16.1. The lowest BCUT2D eigenvalue weighted by atomic mass is 10.1. The third-order valence-electron chi connectivity index (χ3n) is 3.72. The van der Waals surface area contributed by atoms with Crippen LogP contribution in [0.4, 0.5) is 13.2 Å². The number of alkyl halides is 1. The highest BCUT2D eigenvalue weighted by Gasteiger charge is 2.30. The first-order chi connectivity index (χ1) is 9.97. The predicted octanol–water partition coefficient (Wildman–Crippen LogP) is 3.59. The van der Waals surface area contributed by atoms with E-state index in [1.807, 2.05) is 0 Å². The molecule has 0 heterocycles. The van der Waals surface area contributed by atoms with E-state index in [4.69, 9.17) is 0 Å². The van der Waals surface area contributed by atoms with Gasteiger partial charge in [-0.15, -0.1) is 0 Å². The van der Waals surface area contributed by atoms with E-state index < -0.39 is 34.7 Å². The van der Waals surface area contributed by atoms with E-state index >= 15 is 0 Å². The lowest BCUT2D eigenvalue weighted by Gasteiger charge is -2.28. The number of phenolic OH excluding ortho intramolecular Hbond substituents is 1. The molecular weight excluding hydrogens is 351 g/mol. The van der Waals surface area contributed by atoms with Crippen molar-refractivity contribution in [3.8, 4) is 5.75 Å². The number of aromatic hydroxyl groups is 1. The van der Waals surface area contributed by atoms with Gasteiger partial charge in [-0.3, -0.25) is 4.79 Å². The van der Waals surface area contributed by atoms with Gasteiger partial charge in [0.15, 0.2) is 17.4 Å². The van der Waals surface area contributed by atoms with Crippen molar-refractivity contribution in [1.82, 2.24) is 4.90 Å².